The molecule has 0 atom stereocenters. The van der Waals surface area contributed by atoms with Gasteiger partial charge in [-0.3, -0.25) is 4.79 Å². The summed E-state index contributed by atoms with van der Waals surface area (Å²) in [5.41, 5.74) is 0. The normalized spacial score (nSPS) is 7.22. The largest absolute Gasteiger partial charge is 0.479 e. The van der Waals surface area contributed by atoms with Crippen LogP contribution in [0.15, 0.2) is 0 Å². The quantitative estimate of drug-likeness (QED) is 0.550. The van der Waals surface area contributed by atoms with Gasteiger partial charge in [0.1, 0.15) is 0 Å². The van der Waals surface area contributed by atoms with Crippen LogP contribution >= 0.6 is 0 Å². The molecule has 0 fully saturated rings. The average molecular weight is 134 g/mol. The molecule has 0 heterocycles. The number of hydrogen-bond donors (Lipinski definition) is 1. The summed E-state index contributed by atoms with van der Waals surface area (Å²) in [4.78, 5) is 19.5. The monoisotopic (exact) mass is 134 g/mol. The predicted octanol–water partition coefficient (Wildman–Crippen LogP) is 0.270. The Kier molecular flexibility index (Phi) is 6.12. The number of carbonyl (C=O) groups is 2. The number of rotatable bonds is 2. The van der Waals surface area contributed by atoms with E-state index in [1.165, 1.54) is 0 Å². The Labute approximate surface area is 53.4 Å². The van der Waals surface area contributed by atoms with E-state index in [4.69, 9.17) is 5.11 Å². The van der Waals surface area contributed by atoms with Crippen molar-refractivity contribution in [1.29, 1.82) is 0 Å². The van der Waals surface area contributed by atoms with Crippen molar-refractivity contribution in [2.24, 2.45) is 0 Å². The van der Waals surface area contributed by atoms with Gasteiger partial charge in [0.25, 0.3) is 0 Å². The molecule has 0 rings (SSSR count). The topological polar surface area (TPSA) is 63.6 Å². The molecular weight excluding hydrogens is 124 g/mol. The van der Waals surface area contributed by atoms with E-state index in [2.05, 4.69) is 4.74 Å². The van der Waals surface area contributed by atoms with E-state index in [9.17, 15) is 9.59 Å². The molecule has 0 aromatic heterocycles. The van der Waals surface area contributed by atoms with Crippen molar-refractivity contribution in [3.8, 4) is 0 Å². The fourth-order valence-electron chi connectivity index (χ4n) is 0.163. The lowest BCUT2D eigenvalue weighted by Crippen LogP contribution is -2.09. The van der Waals surface area contributed by atoms with Crippen molar-refractivity contribution in [1.82, 2.24) is 0 Å². The van der Waals surface area contributed by atoms with Gasteiger partial charge in [-0.2, -0.15) is 0 Å². The van der Waals surface area contributed by atoms with Gasteiger partial charge in [0.15, 0.2) is 6.61 Å². The van der Waals surface area contributed by atoms with Crippen LogP contribution < -0.4 is 0 Å². The van der Waals surface area contributed by atoms with Crippen molar-refractivity contribution in [3.05, 3.63) is 0 Å². The van der Waals surface area contributed by atoms with Gasteiger partial charge in [-0.25, -0.2) is 4.79 Å². The number of carbonyl (C=O) groups excluding carboxylic acids is 1. The molecular formula is C5H10O4. The van der Waals surface area contributed by atoms with Gasteiger partial charge in [0, 0.05) is 6.92 Å². The number of ether oxygens (including phenoxy) is 1. The fourth-order valence-corrected chi connectivity index (χ4v) is 0.163. The number of carboxylic acid groups (broad SMARTS) is 1. The summed E-state index contributed by atoms with van der Waals surface area (Å²) in [7, 11) is 0. The molecule has 0 unspecified atom stereocenters. The van der Waals surface area contributed by atoms with E-state index in [0.717, 1.165) is 6.92 Å². The zero-order chi connectivity index (χ0) is 6.57. The molecule has 1 N–H and O–H groups in total. The maximum absolute atomic E-state index is 9.86. The van der Waals surface area contributed by atoms with Crippen molar-refractivity contribution < 1.29 is 19.4 Å². The van der Waals surface area contributed by atoms with Gasteiger partial charge < -0.3 is 9.84 Å². The highest BCUT2D eigenvalue weighted by molar-refractivity contribution is 5.73. The molecule has 0 aliphatic carbocycles. The SMILES string of the molecule is C.CC(=O)OCC(=O)O. The Hall–Kier alpha value is -1.06. The van der Waals surface area contributed by atoms with Crippen LogP contribution in [0.1, 0.15) is 14.4 Å². The Morgan fingerprint density at radius 2 is 2.00 bits per heavy atom. The third-order valence-electron chi connectivity index (χ3n) is 0.399. The molecule has 54 valence electrons. The molecule has 0 aliphatic heterocycles. The van der Waals surface area contributed by atoms with E-state index in [1.807, 2.05) is 0 Å². The maximum atomic E-state index is 9.86. The van der Waals surface area contributed by atoms with E-state index < -0.39 is 18.5 Å². The second kappa shape index (κ2) is 5.08. The second-order valence-corrected chi connectivity index (χ2v) is 1.17. The van der Waals surface area contributed by atoms with Crippen LogP contribution in [-0.4, -0.2) is 23.7 Å². The zero-order valence-electron chi connectivity index (χ0n) is 4.38. The van der Waals surface area contributed by atoms with Crippen LogP contribution in [0.25, 0.3) is 0 Å². The number of aliphatic carboxylic acids is 1. The average Bonchev–Trinajstić information content (AvgIpc) is 1.61. The first-order valence-corrected chi connectivity index (χ1v) is 1.98. The minimum Gasteiger partial charge on any atom is -0.479 e. The summed E-state index contributed by atoms with van der Waals surface area (Å²) in [5, 5.41) is 7.89. The Balaban J connectivity index is 0. The summed E-state index contributed by atoms with van der Waals surface area (Å²) in [6.07, 6.45) is 0. The molecule has 0 saturated heterocycles. The molecule has 0 bridgehead atoms. The van der Waals surface area contributed by atoms with Gasteiger partial charge in [-0.15, -0.1) is 0 Å². The fraction of sp³-hybridized carbons (Fsp3) is 0.600. The Morgan fingerprint density at radius 3 is 2.11 bits per heavy atom. The standard InChI is InChI=1S/C4H6O4.CH4/c1-3(5)8-2-4(6)7;/h2H2,1H3,(H,6,7);1H4. The molecule has 9 heavy (non-hydrogen) atoms. The Morgan fingerprint density at radius 1 is 1.56 bits per heavy atom. The summed E-state index contributed by atoms with van der Waals surface area (Å²) in [6, 6.07) is 0. The molecule has 0 aliphatic rings. The number of carboxylic acids is 1. The Bertz CT molecular complexity index is 93.5. The van der Waals surface area contributed by atoms with Gasteiger partial charge in [0.2, 0.25) is 0 Å². The van der Waals surface area contributed by atoms with Crippen molar-refractivity contribution >= 4 is 11.9 Å². The van der Waals surface area contributed by atoms with E-state index in [0.29, 0.717) is 0 Å². The summed E-state index contributed by atoms with van der Waals surface area (Å²) >= 11 is 0. The third kappa shape index (κ3) is 10.9. The number of esters is 1. The predicted molar refractivity (Wildman–Crippen MR) is 31.0 cm³/mol. The minimum absolute atomic E-state index is 0. The van der Waals surface area contributed by atoms with Crippen LogP contribution in [0, 0.1) is 0 Å². The molecule has 4 heteroatoms. The molecule has 0 amide bonds. The van der Waals surface area contributed by atoms with Gasteiger partial charge in [-0.05, 0) is 0 Å². The smallest absolute Gasteiger partial charge is 0.341 e. The van der Waals surface area contributed by atoms with Crippen molar-refractivity contribution in [2.45, 2.75) is 14.4 Å². The molecule has 0 spiro atoms. The van der Waals surface area contributed by atoms with Crippen molar-refractivity contribution in [2.75, 3.05) is 6.61 Å². The lowest BCUT2D eigenvalue weighted by atomic mass is 10.7. The van der Waals surface area contributed by atoms with Crippen LogP contribution in [0.2, 0.25) is 0 Å². The summed E-state index contributed by atoms with van der Waals surface area (Å²) < 4.78 is 4.06. The van der Waals surface area contributed by atoms with Crippen LogP contribution in [0.5, 0.6) is 0 Å². The van der Waals surface area contributed by atoms with E-state index in [1.54, 1.807) is 0 Å². The van der Waals surface area contributed by atoms with E-state index in [-0.39, 0.29) is 7.43 Å². The lowest BCUT2D eigenvalue weighted by molar-refractivity contribution is -0.153. The second-order valence-electron chi connectivity index (χ2n) is 1.17. The first-order valence-electron chi connectivity index (χ1n) is 1.98. The third-order valence-corrected chi connectivity index (χ3v) is 0.399. The zero-order valence-corrected chi connectivity index (χ0v) is 4.38. The van der Waals surface area contributed by atoms with Crippen LogP contribution in [-0.2, 0) is 14.3 Å². The maximum Gasteiger partial charge on any atom is 0.341 e. The lowest BCUT2D eigenvalue weighted by Gasteiger charge is -1.92. The minimum atomic E-state index is -1.14. The van der Waals surface area contributed by atoms with Gasteiger partial charge in [0.05, 0.1) is 0 Å². The van der Waals surface area contributed by atoms with Gasteiger partial charge in [-0.1, -0.05) is 7.43 Å². The van der Waals surface area contributed by atoms with Crippen LogP contribution in [0.4, 0.5) is 0 Å². The molecule has 0 aromatic carbocycles. The highest BCUT2D eigenvalue weighted by atomic mass is 16.5. The molecule has 0 saturated carbocycles. The van der Waals surface area contributed by atoms with E-state index >= 15 is 0 Å². The highest BCUT2D eigenvalue weighted by Crippen LogP contribution is 1.73. The highest BCUT2D eigenvalue weighted by Gasteiger charge is 1.97. The van der Waals surface area contributed by atoms with Crippen LogP contribution in [0.3, 0.4) is 0 Å². The van der Waals surface area contributed by atoms with Crippen molar-refractivity contribution in [3.63, 3.8) is 0 Å². The number of hydrogen-bond acceptors (Lipinski definition) is 3. The summed E-state index contributed by atoms with van der Waals surface area (Å²) in [5.74, 6) is -1.72. The first kappa shape index (κ1) is 10.8. The van der Waals surface area contributed by atoms with Gasteiger partial charge >= 0.3 is 11.9 Å². The first-order chi connectivity index (χ1) is 3.63. The molecule has 0 aromatic rings. The molecule has 0 radical (unpaired) electrons. The summed E-state index contributed by atoms with van der Waals surface area (Å²) in [6.45, 7) is 0.609. The molecule has 4 nitrogen and oxygen atoms in total.